The lowest BCUT2D eigenvalue weighted by Crippen LogP contribution is -2.25. The van der Waals surface area contributed by atoms with E-state index >= 15 is 0 Å². The average molecular weight is 376 g/mol. The highest BCUT2D eigenvalue weighted by atomic mass is 35.5. The molecule has 5 nitrogen and oxygen atoms in total. The molecule has 25 heavy (non-hydrogen) atoms. The molecule has 2 aromatic heterocycles. The zero-order chi connectivity index (χ0) is 17.8. The lowest BCUT2D eigenvalue weighted by Gasteiger charge is -2.14. The predicted molar refractivity (Wildman–Crippen MR) is 99.5 cm³/mol. The molecular weight excluding hydrogens is 358 g/mol. The van der Waals surface area contributed by atoms with Crippen molar-refractivity contribution in [3.05, 3.63) is 69.1 Å². The Labute approximate surface area is 155 Å². The first-order valence-electron chi connectivity index (χ1n) is 7.75. The average Bonchev–Trinajstić information content (AvgIpc) is 3.24. The topological polar surface area (TPSA) is 56.1 Å². The highest BCUT2D eigenvalue weighted by molar-refractivity contribution is 7.12. The van der Waals surface area contributed by atoms with E-state index in [9.17, 15) is 4.79 Å². The van der Waals surface area contributed by atoms with Gasteiger partial charge in [-0.3, -0.25) is 9.48 Å². The Morgan fingerprint density at radius 1 is 1.40 bits per heavy atom. The van der Waals surface area contributed by atoms with E-state index in [-0.39, 0.29) is 11.9 Å². The molecule has 0 aliphatic heterocycles. The smallest absolute Gasteiger partial charge is 0.261 e. The third kappa shape index (κ3) is 4.41. The number of carbonyl (C=O) groups is 1. The van der Waals surface area contributed by atoms with Gasteiger partial charge in [0, 0.05) is 6.20 Å². The SMILES string of the molecule is COc1ccc(C(C)NC(=O)c2cc(Cn3cc(Cl)cn3)cs2)cc1. The number of hydrogen-bond donors (Lipinski definition) is 1. The summed E-state index contributed by atoms with van der Waals surface area (Å²) in [7, 11) is 1.63. The van der Waals surface area contributed by atoms with Gasteiger partial charge in [-0.2, -0.15) is 5.10 Å². The van der Waals surface area contributed by atoms with Gasteiger partial charge in [-0.1, -0.05) is 23.7 Å². The van der Waals surface area contributed by atoms with Crippen molar-refractivity contribution in [1.29, 1.82) is 0 Å². The van der Waals surface area contributed by atoms with Crippen LogP contribution in [0.4, 0.5) is 0 Å². The molecule has 1 N–H and O–H groups in total. The number of methoxy groups -OCH3 is 1. The van der Waals surface area contributed by atoms with Crippen molar-refractivity contribution in [2.24, 2.45) is 0 Å². The molecule has 7 heteroatoms. The molecule has 0 fully saturated rings. The molecule has 1 aromatic carbocycles. The maximum Gasteiger partial charge on any atom is 0.261 e. The molecule has 1 unspecified atom stereocenters. The number of carbonyl (C=O) groups excluding carboxylic acids is 1. The third-order valence-corrected chi connectivity index (χ3v) is 4.96. The number of nitrogens with one attached hydrogen (secondary N) is 1. The monoisotopic (exact) mass is 375 g/mol. The Bertz CT molecular complexity index is 857. The second-order valence-corrected chi connectivity index (χ2v) is 6.99. The standard InChI is InChI=1S/C18H18ClN3O2S/c1-12(14-3-5-16(24-2)6-4-14)21-18(23)17-7-13(11-25-17)9-22-10-15(19)8-20-22/h3-8,10-12H,9H2,1-2H3,(H,21,23). The maximum atomic E-state index is 12.5. The Morgan fingerprint density at radius 2 is 2.16 bits per heavy atom. The number of rotatable bonds is 6. The number of nitrogens with zero attached hydrogens (tertiary/aromatic N) is 2. The number of benzene rings is 1. The Morgan fingerprint density at radius 3 is 2.80 bits per heavy atom. The van der Waals surface area contributed by atoms with E-state index in [0.717, 1.165) is 16.9 Å². The van der Waals surface area contributed by atoms with E-state index in [2.05, 4.69) is 10.4 Å². The van der Waals surface area contributed by atoms with Crippen LogP contribution in [0.3, 0.4) is 0 Å². The predicted octanol–water partition coefficient (Wildman–Crippen LogP) is 4.15. The summed E-state index contributed by atoms with van der Waals surface area (Å²) in [5, 5.41) is 9.72. The van der Waals surface area contributed by atoms with Crippen molar-refractivity contribution >= 4 is 28.8 Å². The van der Waals surface area contributed by atoms with Crippen molar-refractivity contribution in [2.75, 3.05) is 7.11 Å². The summed E-state index contributed by atoms with van der Waals surface area (Å²) in [6, 6.07) is 9.47. The number of thiophene rings is 1. The van der Waals surface area contributed by atoms with Crippen LogP contribution >= 0.6 is 22.9 Å². The minimum Gasteiger partial charge on any atom is -0.497 e. The maximum absolute atomic E-state index is 12.5. The zero-order valence-electron chi connectivity index (χ0n) is 13.9. The minimum atomic E-state index is -0.0890. The molecule has 0 aliphatic carbocycles. The molecule has 0 aliphatic rings. The highest BCUT2D eigenvalue weighted by Gasteiger charge is 2.14. The van der Waals surface area contributed by atoms with E-state index in [1.165, 1.54) is 11.3 Å². The molecule has 3 rings (SSSR count). The number of hydrogen-bond acceptors (Lipinski definition) is 4. The lowest BCUT2D eigenvalue weighted by atomic mass is 10.1. The van der Waals surface area contributed by atoms with Gasteiger partial charge in [0.15, 0.2) is 0 Å². The van der Waals surface area contributed by atoms with E-state index in [4.69, 9.17) is 16.3 Å². The van der Waals surface area contributed by atoms with Crippen LogP contribution in [0.15, 0.2) is 48.1 Å². The lowest BCUT2D eigenvalue weighted by molar-refractivity contribution is 0.0944. The van der Waals surface area contributed by atoms with Crippen LogP contribution in [0.1, 0.15) is 33.8 Å². The molecular formula is C18H18ClN3O2S. The third-order valence-electron chi connectivity index (χ3n) is 3.79. The Hall–Kier alpha value is -2.31. The summed E-state index contributed by atoms with van der Waals surface area (Å²) in [5.74, 6) is 0.710. The van der Waals surface area contributed by atoms with Crippen LogP contribution in [-0.2, 0) is 6.54 Å². The van der Waals surface area contributed by atoms with Gasteiger partial charge in [0.05, 0.1) is 35.8 Å². The summed E-state index contributed by atoms with van der Waals surface area (Å²) < 4.78 is 6.89. The van der Waals surface area contributed by atoms with E-state index in [0.29, 0.717) is 16.4 Å². The number of halogens is 1. The molecule has 0 saturated carbocycles. The van der Waals surface area contributed by atoms with Gasteiger partial charge in [-0.25, -0.2) is 0 Å². The van der Waals surface area contributed by atoms with Gasteiger partial charge in [0.2, 0.25) is 0 Å². The fraction of sp³-hybridized carbons (Fsp3) is 0.222. The molecule has 2 heterocycles. The molecule has 1 amide bonds. The molecule has 3 aromatic rings. The Balaban J connectivity index is 1.62. The van der Waals surface area contributed by atoms with Gasteiger partial charge in [0.1, 0.15) is 5.75 Å². The van der Waals surface area contributed by atoms with Crippen LogP contribution in [0.25, 0.3) is 0 Å². The second-order valence-electron chi connectivity index (χ2n) is 5.64. The van der Waals surface area contributed by atoms with Crippen molar-refractivity contribution < 1.29 is 9.53 Å². The summed E-state index contributed by atoms with van der Waals surface area (Å²) in [6.07, 6.45) is 3.35. The largest absolute Gasteiger partial charge is 0.497 e. The van der Waals surface area contributed by atoms with Gasteiger partial charge in [-0.15, -0.1) is 11.3 Å². The van der Waals surface area contributed by atoms with Gasteiger partial charge in [0.25, 0.3) is 5.91 Å². The van der Waals surface area contributed by atoms with Gasteiger partial charge < -0.3 is 10.1 Å². The number of aromatic nitrogens is 2. The highest BCUT2D eigenvalue weighted by Crippen LogP contribution is 2.20. The van der Waals surface area contributed by atoms with Gasteiger partial charge >= 0.3 is 0 Å². The van der Waals surface area contributed by atoms with Crippen molar-refractivity contribution in [1.82, 2.24) is 15.1 Å². The Kier molecular flexibility index (Phi) is 5.40. The van der Waals surface area contributed by atoms with Crippen LogP contribution in [0.5, 0.6) is 5.75 Å². The van der Waals surface area contributed by atoms with Gasteiger partial charge in [-0.05, 0) is 41.6 Å². The van der Waals surface area contributed by atoms with E-state index < -0.39 is 0 Å². The summed E-state index contributed by atoms with van der Waals surface area (Å²) >= 11 is 7.28. The van der Waals surface area contributed by atoms with Crippen molar-refractivity contribution in [2.45, 2.75) is 19.5 Å². The van der Waals surface area contributed by atoms with Crippen molar-refractivity contribution in [3.8, 4) is 5.75 Å². The summed E-state index contributed by atoms with van der Waals surface area (Å²) in [6.45, 7) is 2.55. The molecule has 0 spiro atoms. The normalized spacial score (nSPS) is 12.0. The molecule has 0 saturated heterocycles. The number of ether oxygens (including phenoxy) is 1. The fourth-order valence-electron chi connectivity index (χ4n) is 2.43. The minimum absolute atomic E-state index is 0.0851. The molecule has 0 bridgehead atoms. The first-order chi connectivity index (χ1) is 12.0. The summed E-state index contributed by atoms with van der Waals surface area (Å²) in [5.41, 5.74) is 2.05. The zero-order valence-corrected chi connectivity index (χ0v) is 15.5. The quantitative estimate of drug-likeness (QED) is 0.704. The van der Waals surface area contributed by atoms with Crippen LogP contribution in [0, 0.1) is 0 Å². The van der Waals surface area contributed by atoms with E-state index in [1.54, 1.807) is 24.2 Å². The molecule has 0 radical (unpaired) electrons. The first-order valence-corrected chi connectivity index (χ1v) is 9.01. The van der Waals surface area contributed by atoms with Crippen LogP contribution in [-0.4, -0.2) is 22.8 Å². The van der Waals surface area contributed by atoms with E-state index in [1.807, 2.05) is 42.6 Å². The number of amides is 1. The fourth-order valence-corrected chi connectivity index (χ4v) is 3.40. The van der Waals surface area contributed by atoms with Crippen LogP contribution < -0.4 is 10.1 Å². The first kappa shape index (κ1) is 17.5. The molecule has 1 atom stereocenters. The summed E-state index contributed by atoms with van der Waals surface area (Å²) in [4.78, 5) is 13.1. The van der Waals surface area contributed by atoms with Crippen LogP contribution in [0.2, 0.25) is 5.02 Å². The van der Waals surface area contributed by atoms with Crippen molar-refractivity contribution in [3.63, 3.8) is 0 Å². The molecule has 130 valence electrons. The second kappa shape index (κ2) is 7.72.